The molecule has 0 rings (SSSR count). The molecule has 0 aliphatic carbocycles. The van der Waals surface area contributed by atoms with Gasteiger partial charge in [-0.15, -0.1) is 0 Å². The van der Waals surface area contributed by atoms with Crippen LogP contribution in [0.1, 0.15) is 26.2 Å². The van der Waals surface area contributed by atoms with Gasteiger partial charge in [0.15, 0.2) is 0 Å². The van der Waals surface area contributed by atoms with Crippen molar-refractivity contribution in [3.05, 3.63) is 12.7 Å². The monoisotopic (exact) mass is 473 g/mol. The van der Waals surface area contributed by atoms with E-state index in [1.54, 1.807) is 0 Å². The van der Waals surface area contributed by atoms with E-state index >= 15 is 0 Å². The van der Waals surface area contributed by atoms with Gasteiger partial charge in [0.25, 0.3) is 0 Å². The van der Waals surface area contributed by atoms with E-state index in [1.165, 1.54) is 0 Å². The van der Waals surface area contributed by atoms with Crippen molar-refractivity contribution in [2.24, 2.45) is 5.92 Å². The van der Waals surface area contributed by atoms with E-state index in [2.05, 4.69) is 11.9 Å². The molecule has 0 radical (unpaired) electrons. The first-order valence-corrected chi connectivity index (χ1v) is 7.99. The van der Waals surface area contributed by atoms with Crippen LogP contribution in [-0.2, 0) is 4.79 Å². The highest BCUT2D eigenvalue weighted by atomic mass is 19.4. The molecule has 1 N–H and O–H groups in total. The average Bonchev–Trinajstić information content (AvgIpc) is 2.59. The van der Waals surface area contributed by atoms with Gasteiger partial charge in [0.2, 0.25) is 5.91 Å². The van der Waals surface area contributed by atoms with E-state index in [0.717, 1.165) is 6.08 Å². The van der Waals surface area contributed by atoms with E-state index in [0.29, 0.717) is 0 Å². The van der Waals surface area contributed by atoms with Crippen molar-refractivity contribution in [3.8, 4) is 0 Å². The van der Waals surface area contributed by atoms with Crippen LogP contribution in [0.5, 0.6) is 0 Å². The summed E-state index contributed by atoms with van der Waals surface area (Å²) in [4.78, 5) is 10.8. The first-order chi connectivity index (χ1) is 13.1. The number of halogens is 13. The molecule has 0 aromatic heterocycles. The van der Waals surface area contributed by atoms with Crippen LogP contribution in [0.15, 0.2) is 12.7 Å². The number of amides is 1. The average molecular weight is 473 g/mol. The topological polar surface area (TPSA) is 29.1 Å². The Balaban J connectivity index is 5.58. The number of hydrogen-bond acceptors (Lipinski definition) is 1. The molecule has 178 valence electrons. The zero-order valence-electron chi connectivity index (χ0n) is 15.0. The van der Waals surface area contributed by atoms with Crippen molar-refractivity contribution >= 4 is 5.91 Å². The summed E-state index contributed by atoms with van der Waals surface area (Å²) in [6.07, 6.45) is -8.23. The summed E-state index contributed by atoms with van der Waals surface area (Å²) in [5, 5.41) is 2.15. The van der Waals surface area contributed by atoms with Crippen LogP contribution in [0.2, 0.25) is 0 Å². The Bertz CT molecular complexity index is 612. The first kappa shape index (κ1) is 28.3. The van der Waals surface area contributed by atoms with Gasteiger partial charge in [-0.3, -0.25) is 4.79 Å². The predicted molar refractivity (Wildman–Crippen MR) is 77.0 cm³/mol. The van der Waals surface area contributed by atoms with Crippen LogP contribution >= 0.6 is 0 Å². The molecule has 0 saturated carbocycles. The minimum absolute atomic E-state index is 0.162. The van der Waals surface area contributed by atoms with Gasteiger partial charge < -0.3 is 5.32 Å². The van der Waals surface area contributed by atoms with Gasteiger partial charge in [0.05, 0.1) is 0 Å². The summed E-state index contributed by atoms with van der Waals surface area (Å²) in [7, 11) is 0. The Morgan fingerprint density at radius 1 is 0.800 bits per heavy atom. The zero-order valence-corrected chi connectivity index (χ0v) is 15.0. The molecule has 0 aliphatic heterocycles. The molecule has 0 spiro atoms. The molecule has 1 atom stereocenters. The number of hydrogen-bond donors (Lipinski definition) is 1. The molecule has 1 unspecified atom stereocenters. The third-order valence-corrected chi connectivity index (χ3v) is 4.13. The molecular formula is C15H16F13NO. The second kappa shape index (κ2) is 8.81. The van der Waals surface area contributed by atoms with Crippen molar-refractivity contribution in [1.82, 2.24) is 5.32 Å². The number of alkyl halides is 13. The maximum Gasteiger partial charge on any atom is 0.460 e. The lowest BCUT2D eigenvalue weighted by molar-refractivity contribution is -0.443. The van der Waals surface area contributed by atoms with E-state index in [4.69, 9.17) is 0 Å². The second-order valence-electron chi connectivity index (χ2n) is 6.31. The molecule has 1 amide bonds. The molecule has 0 aromatic rings. The van der Waals surface area contributed by atoms with Crippen molar-refractivity contribution in [2.45, 2.75) is 62.0 Å². The maximum atomic E-state index is 13.8. The Morgan fingerprint density at radius 3 is 1.63 bits per heavy atom. The molecule has 30 heavy (non-hydrogen) atoms. The van der Waals surface area contributed by atoms with Gasteiger partial charge in [0, 0.05) is 12.5 Å². The minimum atomic E-state index is -7.89. The molecule has 0 saturated heterocycles. The second-order valence-corrected chi connectivity index (χ2v) is 6.31. The lowest BCUT2D eigenvalue weighted by atomic mass is 9.86. The molecule has 15 heteroatoms. The summed E-state index contributed by atoms with van der Waals surface area (Å²) in [5.41, 5.74) is 0. The third kappa shape index (κ3) is 4.79. The van der Waals surface area contributed by atoms with Gasteiger partial charge in [-0.1, -0.05) is 19.9 Å². The number of carbonyl (C=O) groups is 1. The van der Waals surface area contributed by atoms with Gasteiger partial charge in [-0.05, 0) is 18.9 Å². The van der Waals surface area contributed by atoms with Gasteiger partial charge in [0.1, 0.15) is 0 Å². The van der Waals surface area contributed by atoms with Gasteiger partial charge in [-0.25, -0.2) is 0 Å². The summed E-state index contributed by atoms with van der Waals surface area (Å²) in [6, 6.07) is 0. The highest BCUT2D eigenvalue weighted by Gasteiger charge is 2.90. The Labute approximate surface area is 161 Å². The molecule has 0 fully saturated rings. The van der Waals surface area contributed by atoms with Crippen LogP contribution in [-0.4, -0.2) is 48.2 Å². The van der Waals surface area contributed by atoms with E-state index in [9.17, 15) is 61.9 Å². The van der Waals surface area contributed by atoms with E-state index in [-0.39, 0.29) is 19.9 Å². The van der Waals surface area contributed by atoms with Crippen LogP contribution in [0.4, 0.5) is 57.1 Å². The number of rotatable bonds is 11. The van der Waals surface area contributed by atoms with Gasteiger partial charge >= 0.3 is 35.8 Å². The summed E-state index contributed by atoms with van der Waals surface area (Å²) in [6.45, 7) is 3.08. The fourth-order valence-electron chi connectivity index (χ4n) is 2.13. The quantitative estimate of drug-likeness (QED) is 0.228. The smallest absolute Gasteiger partial charge is 0.353 e. The molecular weight excluding hydrogens is 457 g/mol. The van der Waals surface area contributed by atoms with Crippen LogP contribution in [0, 0.1) is 5.92 Å². The Hall–Kier alpha value is -1.70. The molecule has 0 aliphatic rings. The van der Waals surface area contributed by atoms with Crippen LogP contribution < -0.4 is 5.32 Å². The standard InChI is InChI=1S/C15H16F13NO/c1-3-9(30)29-7-5-4-6-8(2)10(16,17)11(18,19)12(20,21)13(22,23)14(24,25)15(26,27)28/h3,8H,1,4-7H2,2H3,(H,29,30). The lowest BCUT2D eigenvalue weighted by Crippen LogP contribution is -2.70. The lowest BCUT2D eigenvalue weighted by Gasteiger charge is -2.41. The third-order valence-electron chi connectivity index (χ3n) is 4.13. The summed E-state index contributed by atoms with van der Waals surface area (Å²) < 4.78 is 169. The minimum Gasteiger partial charge on any atom is -0.353 e. The largest absolute Gasteiger partial charge is 0.460 e. The normalized spacial score (nSPS) is 15.7. The predicted octanol–water partition coefficient (Wildman–Crippen LogP) is 5.83. The summed E-state index contributed by atoms with van der Waals surface area (Å²) >= 11 is 0. The number of nitrogens with one attached hydrogen (secondary N) is 1. The van der Waals surface area contributed by atoms with Crippen LogP contribution in [0.25, 0.3) is 0 Å². The van der Waals surface area contributed by atoms with Crippen molar-refractivity contribution < 1.29 is 61.9 Å². The SMILES string of the molecule is C=CC(=O)NCCCCC(C)C(F)(F)C(F)(F)C(F)(F)C(F)(F)C(F)(F)C(F)(F)F. The van der Waals surface area contributed by atoms with E-state index < -0.39 is 60.5 Å². The van der Waals surface area contributed by atoms with E-state index in [1.807, 2.05) is 0 Å². The van der Waals surface area contributed by atoms with Crippen molar-refractivity contribution in [1.29, 1.82) is 0 Å². The number of unbranched alkanes of at least 4 members (excludes halogenated alkanes) is 1. The van der Waals surface area contributed by atoms with Crippen molar-refractivity contribution in [3.63, 3.8) is 0 Å². The fraction of sp³-hybridized carbons (Fsp3) is 0.800. The number of carbonyl (C=O) groups excluding carboxylic acids is 1. The van der Waals surface area contributed by atoms with Crippen molar-refractivity contribution in [2.75, 3.05) is 6.54 Å². The van der Waals surface area contributed by atoms with Gasteiger partial charge in [-0.2, -0.15) is 57.1 Å². The van der Waals surface area contributed by atoms with Crippen LogP contribution in [0.3, 0.4) is 0 Å². The summed E-state index contributed by atoms with van der Waals surface area (Å²) in [5.74, 6) is -40.3. The first-order valence-electron chi connectivity index (χ1n) is 7.99. The maximum absolute atomic E-state index is 13.8. The Kier molecular flexibility index (Phi) is 8.31. The fourth-order valence-corrected chi connectivity index (χ4v) is 2.13. The molecule has 0 heterocycles. The molecule has 2 nitrogen and oxygen atoms in total. The molecule has 0 bridgehead atoms. The highest BCUT2D eigenvalue weighted by molar-refractivity contribution is 5.86. The zero-order chi connectivity index (χ0) is 24.4. The highest BCUT2D eigenvalue weighted by Crippen LogP contribution is 2.61. The molecule has 0 aromatic carbocycles. The Morgan fingerprint density at radius 2 is 1.23 bits per heavy atom.